The maximum absolute atomic E-state index is 4.65. The summed E-state index contributed by atoms with van der Waals surface area (Å²) in [6, 6.07) is 0. The molecule has 4 heteroatoms. The lowest BCUT2D eigenvalue weighted by molar-refractivity contribution is 0.442. The van der Waals surface area contributed by atoms with E-state index >= 15 is 0 Å². The first-order valence-electron chi connectivity index (χ1n) is 5.71. The van der Waals surface area contributed by atoms with Crippen LogP contribution >= 0.6 is 15.9 Å². The molecule has 1 atom stereocenters. The Morgan fingerprint density at radius 2 is 2.40 bits per heavy atom. The smallest absolute Gasteiger partial charge is 0.139 e. The van der Waals surface area contributed by atoms with Crippen molar-refractivity contribution in [1.82, 2.24) is 9.78 Å². The first-order valence-corrected chi connectivity index (χ1v) is 6.50. The first-order chi connectivity index (χ1) is 7.22. The van der Waals surface area contributed by atoms with Crippen molar-refractivity contribution in [2.45, 2.75) is 39.7 Å². The van der Waals surface area contributed by atoms with Gasteiger partial charge in [0.25, 0.3) is 0 Å². The van der Waals surface area contributed by atoms with Gasteiger partial charge in [0.1, 0.15) is 5.82 Å². The van der Waals surface area contributed by atoms with Crippen LogP contribution < -0.4 is 5.32 Å². The van der Waals surface area contributed by atoms with Crippen molar-refractivity contribution in [1.29, 1.82) is 0 Å². The summed E-state index contributed by atoms with van der Waals surface area (Å²) >= 11 is 3.64. The van der Waals surface area contributed by atoms with E-state index in [4.69, 9.17) is 0 Å². The zero-order valence-electron chi connectivity index (χ0n) is 9.39. The average molecular weight is 272 g/mol. The van der Waals surface area contributed by atoms with Gasteiger partial charge in [0.2, 0.25) is 0 Å². The summed E-state index contributed by atoms with van der Waals surface area (Å²) in [5.74, 6) is 1.84. The molecule has 1 N–H and O–H groups in total. The van der Waals surface area contributed by atoms with Crippen molar-refractivity contribution < 1.29 is 0 Å². The molecule has 0 fully saturated rings. The highest BCUT2D eigenvalue weighted by molar-refractivity contribution is 9.10. The molecule has 0 saturated carbocycles. The summed E-state index contributed by atoms with van der Waals surface area (Å²) in [6.45, 7) is 6.55. The fraction of sp³-hybridized carbons (Fsp3) is 0.727. The number of hydrogen-bond donors (Lipinski definition) is 1. The standard InChI is InChI=1S/C11H18BrN3/c1-3-4-5-9-10(12)11-13-6-8(2)7-15(11)14-9/h8,13H,3-7H2,1-2H3. The largest absolute Gasteiger partial charge is 0.369 e. The van der Waals surface area contributed by atoms with E-state index in [1.54, 1.807) is 0 Å². The van der Waals surface area contributed by atoms with E-state index in [0.717, 1.165) is 19.5 Å². The molecule has 3 nitrogen and oxygen atoms in total. The monoisotopic (exact) mass is 271 g/mol. The summed E-state index contributed by atoms with van der Waals surface area (Å²) < 4.78 is 3.27. The third-order valence-electron chi connectivity index (χ3n) is 2.83. The van der Waals surface area contributed by atoms with E-state index < -0.39 is 0 Å². The van der Waals surface area contributed by atoms with Gasteiger partial charge in [0, 0.05) is 13.1 Å². The zero-order valence-corrected chi connectivity index (χ0v) is 11.0. The van der Waals surface area contributed by atoms with Crippen LogP contribution in [0.5, 0.6) is 0 Å². The minimum atomic E-state index is 0.670. The van der Waals surface area contributed by atoms with Crippen LogP contribution in [0.1, 0.15) is 32.4 Å². The predicted octanol–water partition coefficient (Wildman–Crippen LogP) is 3.05. The number of rotatable bonds is 3. The number of hydrogen-bond acceptors (Lipinski definition) is 2. The number of anilines is 1. The first kappa shape index (κ1) is 11.0. The lowest BCUT2D eigenvalue weighted by Crippen LogP contribution is -2.25. The van der Waals surface area contributed by atoms with Gasteiger partial charge in [-0.05, 0) is 34.7 Å². The van der Waals surface area contributed by atoms with Crippen LogP contribution in [-0.2, 0) is 13.0 Å². The van der Waals surface area contributed by atoms with Crippen LogP contribution in [0.4, 0.5) is 5.82 Å². The Bertz CT molecular complexity index is 346. The third kappa shape index (κ3) is 2.19. The number of aryl methyl sites for hydroxylation is 1. The van der Waals surface area contributed by atoms with E-state index in [1.807, 2.05) is 0 Å². The molecule has 1 aliphatic heterocycles. The molecule has 2 heterocycles. The molecule has 84 valence electrons. The molecule has 0 saturated heterocycles. The molecule has 0 aromatic carbocycles. The lowest BCUT2D eigenvalue weighted by atomic mass is 10.1. The van der Waals surface area contributed by atoms with Crippen molar-refractivity contribution >= 4 is 21.7 Å². The van der Waals surface area contributed by atoms with Crippen molar-refractivity contribution in [2.24, 2.45) is 5.92 Å². The third-order valence-corrected chi connectivity index (χ3v) is 3.66. The molecule has 15 heavy (non-hydrogen) atoms. The topological polar surface area (TPSA) is 29.9 Å². The van der Waals surface area contributed by atoms with Crippen molar-refractivity contribution in [3.8, 4) is 0 Å². The Labute approximate surface area is 99.4 Å². The van der Waals surface area contributed by atoms with Crippen LogP contribution in [-0.4, -0.2) is 16.3 Å². The van der Waals surface area contributed by atoms with Crippen LogP contribution in [0.15, 0.2) is 4.47 Å². The minimum absolute atomic E-state index is 0.670. The number of halogens is 1. The number of fused-ring (bicyclic) bond motifs is 1. The van der Waals surface area contributed by atoms with Crippen molar-refractivity contribution in [2.75, 3.05) is 11.9 Å². The SMILES string of the molecule is CCCCc1nn2c(c1Br)NCC(C)C2. The quantitative estimate of drug-likeness (QED) is 0.916. The maximum atomic E-state index is 4.65. The molecule has 0 amide bonds. The zero-order chi connectivity index (χ0) is 10.8. The number of nitrogens with zero attached hydrogens (tertiary/aromatic N) is 2. The number of nitrogens with one attached hydrogen (secondary N) is 1. The van der Waals surface area contributed by atoms with Gasteiger partial charge in [-0.15, -0.1) is 0 Å². The average Bonchev–Trinajstić information content (AvgIpc) is 2.52. The summed E-state index contributed by atoms with van der Waals surface area (Å²) in [5, 5.41) is 8.08. The molecule has 0 aliphatic carbocycles. The molecule has 1 aromatic heterocycles. The van der Waals surface area contributed by atoms with Gasteiger partial charge in [0.05, 0.1) is 10.2 Å². The molecule has 0 radical (unpaired) electrons. The van der Waals surface area contributed by atoms with E-state index in [2.05, 4.69) is 44.9 Å². The molecule has 2 rings (SSSR count). The van der Waals surface area contributed by atoms with Gasteiger partial charge in [-0.2, -0.15) is 5.10 Å². The molecule has 1 unspecified atom stereocenters. The number of unbranched alkanes of at least 4 members (excludes halogenated alkanes) is 1. The van der Waals surface area contributed by atoms with E-state index in [-0.39, 0.29) is 0 Å². The summed E-state index contributed by atoms with van der Waals surface area (Å²) in [4.78, 5) is 0. The van der Waals surface area contributed by atoms with Crippen LogP contribution in [0.3, 0.4) is 0 Å². The van der Waals surface area contributed by atoms with Crippen molar-refractivity contribution in [3.05, 3.63) is 10.2 Å². The predicted molar refractivity (Wildman–Crippen MR) is 66.2 cm³/mol. The van der Waals surface area contributed by atoms with Gasteiger partial charge in [0.15, 0.2) is 0 Å². The van der Waals surface area contributed by atoms with E-state index in [1.165, 1.54) is 28.8 Å². The van der Waals surface area contributed by atoms with Crippen LogP contribution in [0.25, 0.3) is 0 Å². The normalized spacial score (nSPS) is 19.8. The molecular weight excluding hydrogens is 254 g/mol. The Kier molecular flexibility index (Phi) is 3.34. The van der Waals surface area contributed by atoms with Gasteiger partial charge < -0.3 is 5.32 Å². The van der Waals surface area contributed by atoms with Crippen LogP contribution in [0, 0.1) is 5.92 Å². The summed E-state index contributed by atoms with van der Waals surface area (Å²) in [5.41, 5.74) is 1.20. The molecule has 1 aromatic rings. The highest BCUT2D eigenvalue weighted by Gasteiger charge is 2.20. The Hall–Kier alpha value is -0.510. The second-order valence-electron chi connectivity index (χ2n) is 4.38. The van der Waals surface area contributed by atoms with Crippen LogP contribution in [0.2, 0.25) is 0 Å². The van der Waals surface area contributed by atoms with Gasteiger partial charge in [-0.1, -0.05) is 20.3 Å². The highest BCUT2D eigenvalue weighted by atomic mass is 79.9. The highest BCUT2D eigenvalue weighted by Crippen LogP contribution is 2.30. The van der Waals surface area contributed by atoms with E-state index in [0.29, 0.717) is 5.92 Å². The summed E-state index contributed by atoms with van der Waals surface area (Å²) in [7, 11) is 0. The molecule has 0 spiro atoms. The summed E-state index contributed by atoms with van der Waals surface area (Å²) in [6.07, 6.45) is 3.51. The Morgan fingerprint density at radius 3 is 3.13 bits per heavy atom. The number of aromatic nitrogens is 2. The fourth-order valence-corrected chi connectivity index (χ4v) is 2.55. The maximum Gasteiger partial charge on any atom is 0.139 e. The second kappa shape index (κ2) is 4.56. The second-order valence-corrected chi connectivity index (χ2v) is 5.17. The molecular formula is C11H18BrN3. The Balaban J connectivity index is 2.20. The molecule has 1 aliphatic rings. The van der Waals surface area contributed by atoms with Gasteiger partial charge in [-0.25, -0.2) is 4.68 Å². The fourth-order valence-electron chi connectivity index (χ4n) is 1.93. The van der Waals surface area contributed by atoms with E-state index in [9.17, 15) is 0 Å². The lowest BCUT2D eigenvalue weighted by Gasteiger charge is -2.21. The minimum Gasteiger partial charge on any atom is -0.369 e. The molecule has 0 bridgehead atoms. The van der Waals surface area contributed by atoms with Gasteiger partial charge >= 0.3 is 0 Å². The van der Waals surface area contributed by atoms with Gasteiger partial charge in [-0.3, -0.25) is 0 Å². The Morgan fingerprint density at radius 1 is 1.60 bits per heavy atom. The van der Waals surface area contributed by atoms with Crippen molar-refractivity contribution in [3.63, 3.8) is 0 Å².